The Morgan fingerprint density at radius 2 is 2.03 bits per heavy atom. The standard InChI is InChI=1S/C27H28ClN5O4S/c1-32-23-8-5-18(11-20(23)16-38(32,35)36)22-14-31-27(30-13-17-3-6-21(37-2)7-4-17)25(28)26(22)33-10-9-19(12-29)24(34)15-33/h3-8,11,14,19,24,34H,9-10,13,15-16H2,1-2H3,(H,30,31)/t19-,24+/m1/s1. The van der Waals surface area contributed by atoms with Crippen LogP contribution < -0.4 is 19.3 Å². The molecule has 0 radical (unpaired) electrons. The van der Waals surface area contributed by atoms with Crippen LogP contribution in [0.5, 0.6) is 5.75 Å². The quantitative estimate of drug-likeness (QED) is 0.470. The second-order valence-electron chi connectivity index (χ2n) is 9.49. The highest BCUT2D eigenvalue weighted by Crippen LogP contribution is 2.43. The Morgan fingerprint density at radius 1 is 1.26 bits per heavy atom. The van der Waals surface area contributed by atoms with Gasteiger partial charge in [-0.3, -0.25) is 4.31 Å². The van der Waals surface area contributed by atoms with E-state index in [1.807, 2.05) is 41.3 Å². The molecule has 198 valence electrons. The van der Waals surface area contributed by atoms with E-state index >= 15 is 0 Å². The molecule has 1 saturated heterocycles. The number of aliphatic hydroxyl groups excluding tert-OH is 1. The molecule has 9 nitrogen and oxygen atoms in total. The summed E-state index contributed by atoms with van der Waals surface area (Å²) in [6, 6.07) is 15.4. The average Bonchev–Trinajstić information content (AvgIpc) is 3.15. The van der Waals surface area contributed by atoms with Gasteiger partial charge in [-0.25, -0.2) is 13.4 Å². The zero-order valence-corrected chi connectivity index (χ0v) is 22.6. The Morgan fingerprint density at radius 3 is 2.71 bits per heavy atom. The SMILES string of the molecule is COc1ccc(CNc2ncc(-c3ccc4c(c3)CS(=O)(=O)N4C)c(N3CC[C@H](C#N)[C@@H](O)C3)c2Cl)cc1. The van der Waals surface area contributed by atoms with Crippen LogP contribution in [0.2, 0.25) is 5.02 Å². The van der Waals surface area contributed by atoms with Crippen molar-refractivity contribution in [2.24, 2.45) is 5.92 Å². The number of fused-ring (bicyclic) bond motifs is 1. The number of hydrogen-bond acceptors (Lipinski definition) is 8. The number of benzene rings is 2. The molecule has 5 rings (SSSR count). The summed E-state index contributed by atoms with van der Waals surface area (Å²) >= 11 is 6.98. The number of piperidine rings is 1. The normalized spacial score (nSPS) is 20.1. The van der Waals surface area contributed by atoms with Crippen molar-refractivity contribution in [3.63, 3.8) is 0 Å². The second kappa shape index (κ2) is 10.3. The maximum absolute atomic E-state index is 12.4. The van der Waals surface area contributed by atoms with Crippen molar-refractivity contribution in [1.82, 2.24) is 4.98 Å². The molecule has 0 amide bonds. The highest BCUT2D eigenvalue weighted by atomic mass is 35.5. The van der Waals surface area contributed by atoms with Gasteiger partial charge in [0.25, 0.3) is 0 Å². The minimum Gasteiger partial charge on any atom is -0.497 e. The van der Waals surface area contributed by atoms with E-state index in [2.05, 4.69) is 16.4 Å². The van der Waals surface area contributed by atoms with Crippen LogP contribution in [0.4, 0.5) is 17.2 Å². The Labute approximate surface area is 227 Å². The largest absolute Gasteiger partial charge is 0.497 e. The van der Waals surface area contributed by atoms with Crippen molar-refractivity contribution in [3.8, 4) is 22.9 Å². The number of rotatable bonds is 6. The van der Waals surface area contributed by atoms with Crippen molar-refractivity contribution in [2.45, 2.75) is 24.8 Å². The second-order valence-corrected chi connectivity index (χ2v) is 11.9. The fourth-order valence-corrected chi connectivity index (χ4v) is 6.59. The number of halogens is 1. The fourth-order valence-electron chi connectivity index (χ4n) is 4.95. The molecule has 2 aromatic carbocycles. The van der Waals surface area contributed by atoms with Crippen LogP contribution in [0.1, 0.15) is 17.5 Å². The van der Waals surface area contributed by atoms with Crippen molar-refractivity contribution in [3.05, 3.63) is 64.8 Å². The Bertz CT molecular complexity index is 1510. The van der Waals surface area contributed by atoms with E-state index in [9.17, 15) is 18.8 Å². The number of hydrogen-bond donors (Lipinski definition) is 2. The summed E-state index contributed by atoms with van der Waals surface area (Å²) < 4.78 is 31.4. The number of ether oxygens (including phenoxy) is 1. The number of methoxy groups -OCH3 is 1. The topological polar surface area (TPSA) is 119 Å². The van der Waals surface area contributed by atoms with E-state index < -0.39 is 22.0 Å². The fraction of sp³-hybridized carbons (Fsp3) is 0.333. The minimum absolute atomic E-state index is 0.0725. The summed E-state index contributed by atoms with van der Waals surface area (Å²) in [5.41, 5.74) is 4.56. The molecule has 0 unspecified atom stereocenters. The number of pyridine rings is 1. The molecular formula is C27H28ClN5O4S. The maximum atomic E-state index is 12.4. The van der Waals surface area contributed by atoms with E-state index in [1.165, 1.54) is 4.31 Å². The Balaban J connectivity index is 1.52. The highest BCUT2D eigenvalue weighted by molar-refractivity contribution is 7.92. The van der Waals surface area contributed by atoms with E-state index in [0.717, 1.165) is 22.4 Å². The van der Waals surface area contributed by atoms with Gasteiger partial charge in [0.15, 0.2) is 0 Å². The van der Waals surface area contributed by atoms with Gasteiger partial charge in [0.05, 0.1) is 42.3 Å². The molecule has 3 heterocycles. The molecule has 2 N–H and O–H groups in total. The third-order valence-electron chi connectivity index (χ3n) is 7.16. The smallest absolute Gasteiger partial charge is 0.239 e. The highest BCUT2D eigenvalue weighted by Gasteiger charge is 2.33. The number of anilines is 3. The molecule has 2 aliphatic rings. The van der Waals surface area contributed by atoms with Gasteiger partial charge in [-0.2, -0.15) is 5.26 Å². The molecule has 38 heavy (non-hydrogen) atoms. The summed E-state index contributed by atoms with van der Waals surface area (Å²) in [7, 11) is -0.214. The Kier molecular flexibility index (Phi) is 7.09. The summed E-state index contributed by atoms with van der Waals surface area (Å²) in [6.07, 6.45) is 1.40. The molecule has 1 aromatic heterocycles. The van der Waals surface area contributed by atoms with Crippen molar-refractivity contribution < 1.29 is 18.3 Å². The lowest BCUT2D eigenvalue weighted by Crippen LogP contribution is -2.43. The van der Waals surface area contributed by atoms with Crippen LogP contribution in [-0.2, 0) is 22.3 Å². The number of aromatic nitrogens is 1. The van der Waals surface area contributed by atoms with Gasteiger partial charge in [-0.15, -0.1) is 0 Å². The first-order valence-electron chi connectivity index (χ1n) is 12.2. The minimum atomic E-state index is -3.38. The van der Waals surface area contributed by atoms with Gasteiger partial charge in [-0.1, -0.05) is 29.8 Å². The van der Waals surface area contributed by atoms with Crippen LogP contribution in [0.3, 0.4) is 0 Å². The van der Waals surface area contributed by atoms with Crippen LogP contribution in [0, 0.1) is 17.2 Å². The van der Waals surface area contributed by atoms with Crippen LogP contribution >= 0.6 is 11.6 Å². The lowest BCUT2D eigenvalue weighted by Gasteiger charge is -2.36. The van der Waals surface area contributed by atoms with E-state index in [4.69, 9.17) is 16.3 Å². The number of nitrogens with one attached hydrogen (secondary N) is 1. The lowest BCUT2D eigenvalue weighted by atomic mass is 9.94. The van der Waals surface area contributed by atoms with Crippen LogP contribution in [0.25, 0.3) is 11.1 Å². The molecule has 2 aliphatic heterocycles. The van der Waals surface area contributed by atoms with Crippen molar-refractivity contribution in [1.29, 1.82) is 5.26 Å². The van der Waals surface area contributed by atoms with E-state index in [0.29, 0.717) is 47.3 Å². The lowest BCUT2D eigenvalue weighted by molar-refractivity contribution is 0.120. The van der Waals surface area contributed by atoms with Crippen LogP contribution in [0.15, 0.2) is 48.7 Å². The molecule has 0 bridgehead atoms. The van der Waals surface area contributed by atoms with Crippen LogP contribution in [-0.4, -0.2) is 51.9 Å². The number of sulfonamides is 1. The number of aliphatic hydroxyl groups is 1. The zero-order chi connectivity index (χ0) is 27.0. The monoisotopic (exact) mass is 553 g/mol. The third-order valence-corrected chi connectivity index (χ3v) is 9.23. The molecular weight excluding hydrogens is 526 g/mol. The third kappa shape index (κ3) is 4.85. The first-order chi connectivity index (χ1) is 18.2. The van der Waals surface area contributed by atoms with E-state index in [1.54, 1.807) is 26.4 Å². The molecule has 3 aromatic rings. The maximum Gasteiger partial charge on any atom is 0.239 e. The molecule has 0 saturated carbocycles. The van der Waals surface area contributed by atoms with Crippen molar-refractivity contribution in [2.75, 3.05) is 41.8 Å². The molecule has 2 atom stereocenters. The molecule has 0 aliphatic carbocycles. The number of nitriles is 1. The average molecular weight is 554 g/mol. The van der Waals surface area contributed by atoms with E-state index in [-0.39, 0.29) is 12.3 Å². The predicted octanol–water partition coefficient (Wildman–Crippen LogP) is 4.01. The Hall–Kier alpha value is -3.52. The van der Waals surface area contributed by atoms with Gasteiger partial charge in [-0.05, 0) is 47.4 Å². The van der Waals surface area contributed by atoms with Gasteiger partial charge >= 0.3 is 0 Å². The summed E-state index contributed by atoms with van der Waals surface area (Å²) in [5.74, 6) is 0.742. The van der Waals surface area contributed by atoms with Crippen molar-refractivity contribution >= 4 is 38.8 Å². The van der Waals surface area contributed by atoms with Gasteiger partial charge in [0.2, 0.25) is 10.0 Å². The van der Waals surface area contributed by atoms with Gasteiger partial charge in [0, 0.05) is 38.4 Å². The first kappa shape index (κ1) is 26.1. The van der Waals surface area contributed by atoms with Gasteiger partial charge in [0.1, 0.15) is 16.6 Å². The van der Waals surface area contributed by atoms with Gasteiger partial charge < -0.3 is 20.1 Å². The predicted molar refractivity (Wildman–Crippen MR) is 148 cm³/mol. The number of nitrogens with zero attached hydrogens (tertiary/aromatic N) is 4. The molecule has 1 fully saturated rings. The summed E-state index contributed by atoms with van der Waals surface area (Å²) in [5, 5.41) is 23.7. The molecule has 0 spiro atoms. The summed E-state index contributed by atoms with van der Waals surface area (Å²) in [4.78, 5) is 6.59. The first-order valence-corrected chi connectivity index (χ1v) is 14.2. The summed E-state index contributed by atoms with van der Waals surface area (Å²) in [6.45, 7) is 1.26. The zero-order valence-electron chi connectivity index (χ0n) is 21.1. The molecule has 11 heteroatoms. The number of β-amino-alcohol motifs (C(OH)–C–C–N with tert-alkyl or cyclic N) is 1.